The number of fused-ring (bicyclic) bond motifs is 1. The highest BCUT2D eigenvalue weighted by atomic mass is 35.5. The molecule has 4 aromatic rings. The first kappa shape index (κ1) is 17.6. The van der Waals surface area contributed by atoms with Gasteiger partial charge in [0, 0.05) is 28.7 Å². The predicted molar refractivity (Wildman–Crippen MR) is 104 cm³/mol. The third-order valence-corrected chi connectivity index (χ3v) is 4.68. The third-order valence-electron chi connectivity index (χ3n) is 4.01. The van der Waals surface area contributed by atoms with Crippen molar-refractivity contribution in [2.75, 3.05) is 0 Å². The number of nitrogens with one attached hydrogen (secondary N) is 1. The second-order valence-electron chi connectivity index (χ2n) is 5.74. The fourth-order valence-corrected chi connectivity index (χ4v) is 3.19. The molecule has 0 saturated carbocycles. The maximum atomic E-state index is 10.7. The Balaban J connectivity index is 1.81. The number of thiol groups is 1. The van der Waals surface area contributed by atoms with Crippen LogP contribution in [-0.2, 0) is 17.4 Å². The van der Waals surface area contributed by atoms with E-state index < -0.39 is 10.9 Å². The Hall–Kier alpha value is -2.81. The van der Waals surface area contributed by atoms with Gasteiger partial charge in [-0.1, -0.05) is 11.6 Å². The van der Waals surface area contributed by atoms with Gasteiger partial charge in [0.15, 0.2) is 0 Å². The van der Waals surface area contributed by atoms with Crippen molar-refractivity contribution in [3.8, 4) is 17.1 Å². The minimum absolute atomic E-state index is 0.149. The van der Waals surface area contributed by atoms with Crippen LogP contribution >= 0.6 is 11.6 Å². The average molecular weight is 400 g/mol. The Morgan fingerprint density at radius 2 is 1.85 bits per heavy atom. The fourth-order valence-electron chi connectivity index (χ4n) is 2.78. The number of imidazole rings is 1. The summed E-state index contributed by atoms with van der Waals surface area (Å²) in [5.74, 6) is 0.710. The predicted octanol–water partition coefficient (Wildman–Crippen LogP) is 2.75. The lowest BCUT2D eigenvalue weighted by Gasteiger charge is -2.10. The van der Waals surface area contributed by atoms with E-state index in [9.17, 15) is 8.42 Å². The highest BCUT2D eigenvalue weighted by Crippen LogP contribution is 2.28. The quantitative estimate of drug-likeness (QED) is 0.504. The number of pyridine rings is 2. The van der Waals surface area contributed by atoms with Gasteiger partial charge in [-0.05, 0) is 42.5 Å². The molecular formula is C18H14ClN5O2S. The first-order valence-electron chi connectivity index (χ1n) is 8.03. The highest BCUT2D eigenvalue weighted by Gasteiger charge is 2.14. The summed E-state index contributed by atoms with van der Waals surface area (Å²) in [6.07, 6.45) is 5.13. The number of nitrogens with zero attached hydrogens (tertiary/aromatic N) is 4. The summed E-state index contributed by atoms with van der Waals surface area (Å²) < 4.78 is 25.6. The number of halogens is 1. The van der Waals surface area contributed by atoms with Crippen LogP contribution < -0.4 is 4.72 Å². The van der Waals surface area contributed by atoms with E-state index in [1.165, 1.54) is 0 Å². The molecule has 0 atom stereocenters. The van der Waals surface area contributed by atoms with Gasteiger partial charge in [-0.3, -0.25) is 14.5 Å². The molecule has 0 radical (unpaired) electrons. The number of hydrogen-bond donors (Lipinski definition) is 2. The van der Waals surface area contributed by atoms with Crippen molar-refractivity contribution in [2.24, 2.45) is 0 Å². The molecule has 0 aliphatic heterocycles. The molecule has 7 nitrogen and oxygen atoms in total. The van der Waals surface area contributed by atoms with Gasteiger partial charge in [0.2, 0.25) is 10.9 Å². The lowest BCUT2D eigenvalue weighted by Crippen LogP contribution is -2.11. The van der Waals surface area contributed by atoms with E-state index in [-0.39, 0.29) is 6.54 Å². The van der Waals surface area contributed by atoms with E-state index in [1.807, 2.05) is 41.0 Å². The summed E-state index contributed by atoms with van der Waals surface area (Å²) >= 11 is 6.02. The van der Waals surface area contributed by atoms with E-state index in [2.05, 4.69) is 14.7 Å². The zero-order valence-electron chi connectivity index (χ0n) is 13.9. The van der Waals surface area contributed by atoms with Crippen LogP contribution in [0.1, 0.15) is 5.69 Å². The standard InChI is InChI=1S/C18H14ClN5O2S/c19-13-2-5-15(6-3-13)24-17-11-20-8-7-16(17)23-18(24)12-1-4-14(21-9-12)10-22-27(25)26/h1-9,11,27H,10H2,(H,22,25,26). The van der Waals surface area contributed by atoms with Gasteiger partial charge in [0.05, 0.1) is 29.5 Å². The van der Waals surface area contributed by atoms with E-state index >= 15 is 0 Å². The molecule has 1 aromatic carbocycles. The zero-order chi connectivity index (χ0) is 18.8. The van der Waals surface area contributed by atoms with Crippen molar-refractivity contribution in [1.82, 2.24) is 24.2 Å². The molecule has 0 aliphatic carbocycles. The lowest BCUT2D eigenvalue weighted by molar-refractivity contribution is 0.600. The molecule has 27 heavy (non-hydrogen) atoms. The van der Waals surface area contributed by atoms with Crippen LogP contribution in [0.25, 0.3) is 28.1 Å². The summed E-state index contributed by atoms with van der Waals surface area (Å²) in [6, 6.07) is 12.9. The Morgan fingerprint density at radius 1 is 1.04 bits per heavy atom. The first-order valence-corrected chi connectivity index (χ1v) is 9.59. The van der Waals surface area contributed by atoms with Gasteiger partial charge in [-0.2, -0.15) is 0 Å². The Morgan fingerprint density at radius 3 is 2.56 bits per heavy atom. The van der Waals surface area contributed by atoms with Crippen LogP contribution in [0.4, 0.5) is 0 Å². The van der Waals surface area contributed by atoms with Gasteiger partial charge in [-0.15, -0.1) is 0 Å². The molecule has 3 heterocycles. The topological polar surface area (TPSA) is 89.8 Å². The Labute approximate surface area is 161 Å². The summed E-state index contributed by atoms with van der Waals surface area (Å²) in [5, 5.41) is 0.651. The summed E-state index contributed by atoms with van der Waals surface area (Å²) in [5.41, 5.74) is 4.00. The number of benzene rings is 1. The molecule has 4 rings (SSSR count). The van der Waals surface area contributed by atoms with Gasteiger partial charge < -0.3 is 0 Å². The minimum atomic E-state index is -2.65. The summed E-state index contributed by atoms with van der Waals surface area (Å²) in [6.45, 7) is 0.149. The third kappa shape index (κ3) is 3.68. The molecular weight excluding hydrogens is 386 g/mol. The number of hydrogen-bond acceptors (Lipinski definition) is 5. The summed E-state index contributed by atoms with van der Waals surface area (Å²) in [4.78, 5) is 13.3. The largest absolute Gasteiger partial charge is 0.291 e. The molecule has 0 bridgehead atoms. The van der Waals surface area contributed by atoms with Crippen LogP contribution in [0, 0.1) is 0 Å². The van der Waals surface area contributed by atoms with E-state index in [4.69, 9.17) is 16.6 Å². The van der Waals surface area contributed by atoms with Crippen LogP contribution in [0.2, 0.25) is 5.02 Å². The molecule has 0 fully saturated rings. The molecule has 1 N–H and O–H groups in total. The number of aromatic nitrogens is 4. The van der Waals surface area contributed by atoms with Crippen molar-refractivity contribution in [3.63, 3.8) is 0 Å². The SMILES string of the molecule is O=[SH](=O)NCc1ccc(-c2nc3ccncc3n2-c2ccc(Cl)cc2)cn1. The highest BCUT2D eigenvalue weighted by molar-refractivity contribution is 7.70. The van der Waals surface area contributed by atoms with Crippen molar-refractivity contribution < 1.29 is 8.42 Å². The molecule has 0 unspecified atom stereocenters. The van der Waals surface area contributed by atoms with Gasteiger partial charge in [0.25, 0.3) is 0 Å². The van der Waals surface area contributed by atoms with Crippen molar-refractivity contribution in [2.45, 2.75) is 6.54 Å². The molecule has 0 saturated heterocycles. The fraction of sp³-hybridized carbons (Fsp3) is 0.0556. The lowest BCUT2D eigenvalue weighted by atomic mass is 10.2. The van der Waals surface area contributed by atoms with Crippen LogP contribution in [0.15, 0.2) is 61.1 Å². The molecule has 9 heteroatoms. The van der Waals surface area contributed by atoms with Gasteiger partial charge >= 0.3 is 0 Å². The molecule has 0 aliphatic rings. The minimum Gasteiger partial charge on any atom is -0.291 e. The average Bonchev–Trinajstić information content (AvgIpc) is 3.07. The van der Waals surface area contributed by atoms with E-state index in [0.29, 0.717) is 16.5 Å². The maximum absolute atomic E-state index is 10.7. The second kappa shape index (κ2) is 7.43. The second-order valence-corrected chi connectivity index (χ2v) is 7.01. The van der Waals surface area contributed by atoms with Crippen molar-refractivity contribution >= 4 is 33.5 Å². The maximum Gasteiger partial charge on any atom is 0.201 e. The first-order chi connectivity index (χ1) is 13.1. The monoisotopic (exact) mass is 399 g/mol. The van der Waals surface area contributed by atoms with Gasteiger partial charge in [0.1, 0.15) is 5.82 Å². The molecule has 136 valence electrons. The van der Waals surface area contributed by atoms with Crippen LogP contribution in [0.3, 0.4) is 0 Å². The van der Waals surface area contributed by atoms with Crippen LogP contribution in [0.5, 0.6) is 0 Å². The van der Waals surface area contributed by atoms with Crippen molar-refractivity contribution in [3.05, 3.63) is 71.8 Å². The van der Waals surface area contributed by atoms with E-state index in [1.54, 1.807) is 24.7 Å². The Bertz CT molecular complexity index is 1160. The van der Waals surface area contributed by atoms with Crippen LogP contribution in [-0.4, -0.2) is 27.9 Å². The smallest absolute Gasteiger partial charge is 0.201 e. The van der Waals surface area contributed by atoms with Crippen molar-refractivity contribution in [1.29, 1.82) is 0 Å². The Kier molecular flexibility index (Phi) is 4.85. The summed E-state index contributed by atoms with van der Waals surface area (Å²) in [7, 11) is -2.65. The van der Waals surface area contributed by atoms with Gasteiger partial charge in [-0.25, -0.2) is 18.1 Å². The molecule has 0 amide bonds. The zero-order valence-corrected chi connectivity index (χ0v) is 15.6. The molecule has 0 spiro atoms. The van der Waals surface area contributed by atoms with E-state index in [0.717, 1.165) is 22.3 Å². The normalized spacial score (nSPS) is 11.3. The number of rotatable bonds is 5. The molecule has 3 aromatic heterocycles.